The molecular weight excluding hydrogens is 320 g/mol. The van der Waals surface area contributed by atoms with Gasteiger partial charge in [0.15, 0.2) is 0 Å². The van der Waals surface area contributed by atoms with E-state index in [2.05, 4.69) is 65.2 Å². The van der Waals surface area contributed by atoms with E-state index in [1.807, 2.05) is 0 Å². The SMILES string of the molecule is c1ccc([C@H]2NCCC[C@H]2NCc2ccccc2OC2CCCC2)cc1. The normalized spacial score (nSPS) is 23.8. The lowest BCUT2D eigenvalue weighted by atomic mass is 9.92. The second-order valence-electron chi connectivity index (χ2n) is 7.60. The van der Waals surface area contributed by atoms with Gasteiger partial charge in [0.2, 0.25) is 0 Å². The zero-order valence-corrected chi connectivity index (χ0v) is 15.5. The number of benzene rings is 2. The van der Waals surface area contributed by atoms with Crippen molar-refractivity contribution in [1.82, 2.24) is 10.6 Å². The molecule has 0 aromatic heterocycles. The maximum atomic E-state index is 6.30. The predicted molar refractivity (Wildman–Crippen MR) is 106 cm³/mol. The number of nitrogens with one attached hydrogen (secondary N) is 2. The van der Waals surface area contributed by atoms with Gasteiger partial charge in [0.1, 0.15) is 5.75 Å². The lowest BCUT2D eigenvalue weighted by Gasteiger charge is -2.34. The van der Waals surface area contributed by atoms with Gasteiger partial charge in [0.25, 0.3) is 0 Å². The maximum absolute atomic E-state index is 6.30. The molecule has 138 valence electrons. The van der Waals surface area contributed by atoms with Crippen LogP contribution in [0.25, 0.3) is 0 Å². The topological polar surface area (TPSA) is 33.3 Å². The highest BCUT2D eigenvalue weighted by molar-refractivity contribution is 5.33. The van der Waals surface area contributed by atoms with Crippen molar-refractivity contribution in [2.75, 3.05) is 6.54 Å². The van der Waals surface area contributed by atoms with Crippen molar-refractivity contribution in [3.8, 4) is 5.75 Å². The lowest BCUT2D eigenvalue weighted by molar-refractivity contribution is 0.206. The van der Waals surface area contributed by atoms with Gasteiger partial charge in [-0.25, -0.2) is 0 Å². The molecule has 2 N–H and O–H groups in total. The van der Waals surface area contributed by atoms with E-state index < -0.39 is 0 Å². The van der Waals surface area contributed by atoms with Crippen molar-refractivity contribution >= 4 is 0 Å². The van der Waals surface area contributed by atoms with Crippen molar-refractivity contribution < 1.29 is 4.74 Å². The quantitative estimate of drug-likeness (QED) is 0.799. The Morgan fingerprint density at radius 3 is 2.50 bits per heavy atom. The first-order valence-electron chi connectivity index (χ1n) is 10.2. The van der Waals surface area contributed by atoms with Gasteiger partial charge < -0.3 is 15.4 Å². The zero-order chi connectivity index (χ0) is 17.6. The van der Waals surface area contributed by atoms with E-state index in [1.54, 1.807) is 0 Å². The molecule has 0 spiro atoms. The van der Waals surface area contributed by atoms with E-state index in [4.69, 9.17) is 4.74 Å². The molecule has 1 heterocycles. The molecule has 1 aliphatic carbocycles. The molecule has 0 amide bonds. The number of hydrogen-bond donors (Lipinski definition) is 2. The van der Waals surface area contributed by atoms with Crippen molar-refractivity contribution in [3.05, 3.63) is 65.7 Å². The highest BCUT2D eigenvalue weighted by Crippen LogP contribution is 2.28. The van der Waals surface area contributed by atoms with Gasteiger partial charge in [0.05, 0.1) is 6.10 Å². The summed E-state index contributed by atoms with van der Waals surface area (Å²) < 4.78 is 6.30. The van der Waals surface area contributed by atoms with E-state index >= 15 is 0 Å². The molecule has 1 saturated heterocycles. The summed E-state index contributed by atoms with van der Waals surface area (Å²) in [4.78, 5) is 0. The van der Waals surface area contributed by atoms with Gasteiger partial charge in [-0.1, -0.05) is 48.5 Å². The molecule has 2 atom stereocenters. The van der Waals surface area contributed by atoms with Crippen molar-refractivity contribution in [1.29, 1.82) is 0 Å². The van der Waals surface area contributed by atoms with Gasteiger partial charge in [-0.2, -0.15) is 0 Å². The monoisotopic (exact) mass is 350 g/mol. The third-order valence-electron chi connectivity index (χ3n) is 5.74. The number of piperidine rings is 1. The van der Waals surface area contributed by atoms with E-state index in [0.29, 0.717) is 18.2 Å². The third-order valence-corrected chi connectivity index (χ3v) is 5.74. The van der Waals surface area contributed by atoms with Crippen LogP contribution in [0, 0.1) is 0 Å². The van der Waals surface area contributed by atoms with Crippen LogP contribution in [0.1, 0.15) is 55.7 Å². The molecule has 3 nitrogen and oxygen atoms in total. The summed E-state index contributed by atoms with van der Waals surface area (Å²) in [7, 11) is 0. The lowest BCUT2D eigenvalue weighted by Crippen LogP contribution is -2.45. The first-order valence-corrected chi connectivity index (χ1v) is 10.2. The number of ether oxygens (including phenoxy) is 1. The summed E-state index contributed by atoms with van der Waals surface area (Å²) in [5.74, 6) is 1.06. The predicted octanol–water partition coefficient (Wildman–Crippen LogP) is 4.59. The summed E-state index contributed by atoms with van der Waals surface area (Å²) >= 11 is 0. The Morgan fingerprint density at radius 1 is 0.885 bits per heavy atom. The Balaban J connectivity index is 1.42. The molecule has 2 aliphatic rings. The Hall–Kier alpha value is -1.84. The van der Waals surface area contributed by atoms with E-state index in [0.717, 1.165) is 18.8 Å². The van der Waals surface area contributed by atoms with Gasteiger partial charge >= 0.3 is 0 Å². The molecule has 1 saturated carbocycles. The van der Waals surface area contributed by atoms with Gasteiger partial charge in [-0.15, -0.1) is 0 Å². The molecule has 2 fully saturated rings. The van der Waals surface area contributed by atoms with Gasteiger partial charge in [0, 0.05) is 24.2 Å². The Morgan fingerprint density at radius 2 is 1.65 bits per heavy atom. The first kappa shape index (κ1) is 17.6. The van der Waals surface area contributed by atoms with Crippen LogP contribution in [0.5, 0.6) is 5.75 Å². The fourth-order valence-electron chi connectivity index (χ4n) is 4.31. The minimum atomic E-state index is 0.382. The van der Waals surface area contributed by atoms with Gasteiger partial charge in [-0.3, -0.25) is 0 Å². The molecule has 1 aliphatic heterocycles. The largest absolute Gasteiger partial charge is 0.490 e. The molecule has 0 bridgehead atoms. The first-order chi connectivity index (χ1) is 12.9. The highest BCUT2D eigenvalue weighted by atomic mass is 16.5. The Labute approximate surface area is 157 Å². The van der Waals surface area contributed by atoms with Crippen molar-refractivity contribution in [3.63, 3.8) is 0 Å². The minimum absolute atomic E-state index is 0.382. The second-order valence-corrected chi connectivity index (χ2v) is 7.60. The summed E-state index contributed by atoms with van der Waals surface area (Å²) in [6.45, 7) is 1.96. The molecule has 0 unspecified atom stereocenters. The van der Waals surface area contributed by atoms with Crippen LogP contribution < -0.4 is 15.4 Å². The van der Waals surface area contributed by atoms with E-state index in [1.165, 1.54) is 49.7 Å². The Kier molecular flexibility index (Phi) is 5.88. The Bertz CT molecular complexity index is 682. The average Bonchev–Trinajstić information content (AvgIpc) is 3.21. The summed E-state index contributed by atoms with van der Waals surface area (Å²) in [6.07, 6.45) is 7.84. The molecule has 4 rings (SSSR count). The third kappa shape index (κ3) is 4.28. The minimum Gasteiger partial charge on any atom is -0.490 e. The van der Waals surface area contributed by atoms with Crippen LogP contribution in [-0.4, -0.2) is 18.7 Å². The highest BCUT2D eigenvalue weighted by Gasteiger charge is 2.26. The number of hydrogen-bond acceptors (Lipinski definition) is 3. The second kappa shape index (κ2) is 8.70. The summed E-state index contributed by atoms with van der Waals surface area (Å²) in [6, 6.07) is 20.2. The molecule has 3 heteroatoms. The molecule has 0 radical (unpaired) electrons. The van der Waals surface area contributed by atoms with Crippen molar-refractivity contribution in [2.45, 2.75) is 63.3 Å². The van der Waals surface area contributed by atoms with Crippen LogP contribution in [0.4, 0.5) is 0 Å². The van der Waals surface area contributed by atoms with Crippen molar-refractivity contribution in [2.24, 2.45) is 0 Å². The summed E-state index contributed by atoms with van der Waals surface area (Å²) in [5.41, 5.74) is 2.65. The standard InChI is InChI=1S/C23H30N2O/c1-2-9-18(10-3-1)23-21(14-8-16-24-23)25-17-19-11-4-7-15-22(19)26-20-12-5-6-13-20/h1-4,7,9-11,15,20-21,23-25H,5-6,8,12-14,16-17H2/t21-,23-/m1/s1. The van der Waals surface area contributed by atoms with Gasteiger partial charge in [-0.05, 0) is 56.7 Å². The zero-order valence-electron chi connectivity index (χ0n) is 15.5. The van der Waals surface area contributed by atoms with E-state index in [-0.39, 0.29) is 0 Å². The molecule has 2 aromatic rings. The summed E-state index contributed by atoms with van der Waals surface area (Å²) in [5, 5.41) is 7.51. The fraction of sp³-hybridized carbons (Fsp3) is 0.478. The fourth-order valence-corrected chi connectivity index (χ4v) is 4.31. The van der Waals surface area contributed by atoms with E-state index in [9.17, 15) is 0 Å². The molecule has 26 heavy (non-hydrogen) atoms. The van der Waals surface area contributed by atoms with Crippen LogP contribution >= 0.6 is 0 Å². The number of para-hydroxylation sites is 1. The van der Waals surface area contributed by atoms with Crippen LogP contribution in [0.2, 0.25) is 0 Å². The van der Waals surface area contributed by atoms with Crippen LogP contribution in [0.3, 0.4) is 0 Å². The van der Waals surface area contributed by atoms with Crippen LogP contribution in [0.15, 0.2) is 54.6 Å². The average molecular weight is 351 g/mol. The van der Waals surface area contributed by atoms with Crippen LogP contribution in [-0.2, 0) is 6.54 Å². The number of rotatable bonds is 6. The molecule has 2 aromatic carbocycles. The molecular formula is C23H30N2O. The smallest absolute Gasteiger partial charge is 0.124 e. The maximum Gasteiger partial charge on any atom is 0.124 e.